The molecule has 0 saturated heterocycles. The van der Waals surface area contributed by atoms with E-state index in [1.54, 1.807) is 20.4 Å². The van der Waals surface area contributed by atoms with Gasteiger partial charge in [-0.15, -0.1) is 0 Å². The molecule has 0 radical (unpaired) electrons. The number of nitrogens with zero attached hydrogens (tertiary/aromatic N) is 1. The molecule has 1 heterocycles. The van der Waals surface area contributed by atoms with Crippen LogP contribution in [0.3, 0.4) is 0 Å². The normalized spacial score (nSPS) is 14.9. The molecule has 4 nitrogen and oxygen atoms in total. The lowest BCUT2D eigenvalue weighted by Gasteiger charge is -2.36. The van der Waals surface area contributed by atoms with Crippen molar-refractivity contribution in [1.82, 2.24) is 10.3 Å². The monoisotopic (exact) mass is 280 g/mol. The van der Waals surface area contributed by atoms with Crippen LogP contribution >= 0.6 is 0 Å². The summed E-state index contributed by atoms with van der Waals surface area (Å²) in [6.07, 6.45) is 2.87. The fraction of sp³-hybridized carbons (Fsp3) is 0.688. The van der Waals surface area contributed by atoms with Crippen LogP contribution < -0.4 is 10.1 Å². The van der Waals surface area contributed by atoms with Crippen molar-refractivity contribution in [3.8, 4) is 5.75 Å². The second-order valence-corrected chi connectivity index (χ2v) is 6.05. The Morgan fingerprint density at radius 1 is 1.30 bits per heavy atom. The molecule has 0 bridgehead atoms. The first-order chi connectivity index (χ1) is 9.45. The average Bonchev–Trinajstić information content (AvgIpc) is 2.42. The second-order valence-electron chi connectivity index (χ2n) is 6.05. The molecule has 0 amide bonds. The van der Waals surface area contributed by atoms with Gasteiger partial charge in [-0.3, -0.25) is 4.98 Å². The summed E-state index contributed by atoms with van der Waals surface area (Å²) in [6.45, 7) is 9.60. The van der Waals surface area contributed by atoms with E-state index in [0.717, 1.165) is 24.4 Å². The molecule has 2 atom stereocenters. The predicted octanol–water partition coefficient (Wildman–Crippen LogP) is 3.19. The van der Waals surface area contributed by atoms with E-state index < -0.39 is 0 Å². The molecule has 1 rings (SSSR count). The number of methoxy groups -OCH3 is 2. The van der Waals surface area contributed by atoms with Crippen molar-refractivity contribution in [1.29, 1.82) is 0 Å². The molecule has 2 unspecified atom stereocenters. The van der Waals surface area contributed by atoms with Crippen molar-refractivity contribution in [3.05, 3.63) is 24.0 Å². The molecule has 1 aromatic rings. The summed E-state index contributed by atoms with van der Waals surface area (Å²) in [6, 6.07) is 3.84. The largest absolute Gasteiger partial charge is 0.495 e. The number of nitrogens with one attached hydrogen (secondary N) is 1. The van der Waals surface area contributed by atoms with Gasteiger partial charge >= 0.3 is 0 Å². The molecule has 0 aliphatic heterocycles. The number of rotatable bonds is 7. The molecule has 20 heavy (non-hydrogen) atoms. The molecule has 1 N–H and O–H groups in total. The van der Waals surface area contributed by atoms with E-state index in [9.17, 15) is 0 Å². The van der Waals surface area contributed by atoms with Gasteiger partial charge in [-0.2, -0.15) is 0 Å². The average molecular weight is 280 g/mol. The van der Waals surface area contributed by atoms with E-state index in [0.29, 0.717) is 0 Å². The van der Waals surface area contributed by atoms with Crippen LogP contribution in [0.2, 0.25) is 0 Å². The molecule has 4 heteroatoms. The zero-order valence-corrected chi connectivity index (χ0v) is 13.6. The molecule has 0 spiro atoms. The van der Waals surface area contributed by atoms with Crippen molar-refractivity contribution in [2.75, 3.05) is 20.8 Å². The maximum Gasteiger partial charge on any atom is 0.142 e. The SMILES string of the molecule is CCCNC(c1ncccc1OC)C(OC)C(C)(C)C. The van der Waals surface area contributed by atoms with Gasteiger partial charge in [-0.25, -0.2) is 0 Å². The molecule has 0 aliphatic rings. The zero-order chi connectivity index (χ0) is 15.2. The summed E-state index contributed by atoms with van der Waals surface area (Å²) >= 11 is 0. The van der Waals surface area contributed by atoms with Crippen LogP contribution in [0, 0.1) is 5.41 Å². The van der Waals surface area contributed by atoms with Gasteiger partial charge < -0.3 is 14.8 Å². The molecular formula is C16H28N2O2. The van der Waals surface area contributed by atoms with Gasteiger partial charge in [0.05, 0.1) is 19.3 Å². The number of ether oxygens (including phenoxy) is 2. The predicted molar refractivity (Wildman–Crippen MR) is 82.1 cm³/mol. The molecular weight excluding hydrogens is 252 g/mol. The number of hydrogen-bond donors (Lipinski definition) is 1. The van der Waals surface area contributed by atoms with Gasteiger partial charge in [0, 0.05) is 13.3 Å². The molecule has 0 aromatic carbocycles. The molecule has 0 saturated carbocycles. The van der Waals surface area contributed by atoms with Crippen LogP contribution in [0.4, 0.5) is 0 Å². The maximum absolute atomic E-state index is 5.77. The Balaban J connectivity index is 3.16. The van der Waals surface area contributed by atoms with Crippen LogP contribution in [-0.2, 0) is 4.74 Å². The van der Waals surface area contributed by atoms with E-state index in [2.05, 4.69) is 38.0 Å². The fourth-order valence-electron chi connectivity index (χ4n) is 2.45. The lowest BCUT2D eigenvalue weighted by molar-refractivity contribution is -0.0134. The van der Waals surface area contributed by atoms with E-state index >= 15 is 0 Å². The molecule has 0 aliphatic carbocycles. The van der Waals surface area contributed by atoms with Crippen molar-refractivity contribution in [2.24, 2.45) is 5.41 Å². The lowest BCUT2D eigenvalue weighted by Crippen LogP contribution is -2.42. The minimum Gasteiger partial charge on any atom is -0.495 e. The number of hydrogen-bond acceptors (Lipinski definition) is 4. The lowest BCUT2D eigenvalue weighted by atomic mass is 9.83. The van der Waals surface area contributed by atoms with Gasteiger partial charge in [-0.05, 0) is 30.5 Å². The summed E-state index contributed by atoms with van der Waals surface area (Å²) in [5.41, 5.74) is 0.910. The Morgan fingerprint density at radius 2 is 2.00 bits per heavy atom. The van der Waals surface area contributed by atoms with Gasteiger partial charge in [0.15, 0.2) is 0 Å². The Morgan fingerprint density at radius 3 is 2.50 bits per heavy atom. The first kappa shape index (κ1) is 16.9. The van der Waals surface area contributed by atoms with Crippen LogP contribution in [0.1, 0.15) is 45.9 Å². The van der Waals surface area contributed by atoms with Crippen molar-refractivity contribution < 1.29 is 9.47 Å². The third kappa shape index (κ3) is 4.18. The minimum atomic E-state index is 0.00267. The van der Waals surface area contributed by atoms with Gasteiger partial charge in [0.2, 0.25) is 0 Å². The Labute approximate surface area is 122 Å². The smallest absolute Gasteiger partial charge is 0.142 e. The minimum absolute atomic E-state index is 0.00267. The second kappa shape index (κ2) is 7.60. The topological polar surface area (TPSA) is 43.4 Å². The highest BCUT2D eigenvalue weighted by Gasteiger charge is 2.35. The summed E-state index contributed by atoms with van der Waals surface area (Å²) in [4.78, 5) is 4.52. The third-order valence-electron chi connectivity index (χ3n) is 3.34. The van der Waals surface area contributed by atoms with Crippen LogP contribution in [0.5, 0.6) is 5.75 Å². The summed E-state index contributed by atoms with van der Waals surface area (Å²) < 4.78 is 11.2. The zero-order valence-electron chi connectivity index (χ0n) is 13.6. The quantitative estimate of drug-likeness (QED) is 0.833. The maximum atomic E-state index is 5.77. The highest BCUT2D eigenvalue weighted by Crippen LogP contribution is 2.35. The van der Waals surface area contributed by atoms with E-state index in [1.807, 2.05) is 12.1 Å². The number of pyridine rings is 1. The van der Waals surface area contributed by atoms with E-state index in [-0.39, 0.29) is 17.6 Å². The Kier molecular flexibility index (Phi) is 6.43. The van der Waals surface area contributed by atoms with E-state index in [4.69, 9.17) is 9.47 Å². The van der Waals surface area contributed by atoms with Crippen LogP contribution in [0.25, 0.3) is 0 Å². The van der Waals surface area contributed by atoms with Gasteiger partial charge in [0.1, 0.15) is 11.4 Å². The van der Waals surface area contributed by atoms with E-state index in [1.165, 1.54) is 0 Å². The van der Waals surface area contributed by atoms with Crippen molar-refractivity contribution in [2.45, 2.75) is 46.3 Å². The highest BCUT2D eigenvalue weighted by atomic mass is 16.5. The summed E-state index contributed by atoms with van der Waals surface area (Å²) in [5.74, 6) is 0.799. The fourth-order valence-corrected chi connectivity index (χ4v) is 2.45. The highest BCUT2D eigenvalue weighted by molar-refractivity contribution is 5.30. The van der Waals surface area contributed by atoms with Crippen molar-refractivity contribution >= 4 is 0 Å². The first-order valence-electron chi connectivity index (χ1n) is 7.20. The summed E-state index contributed by atoms with van der Waals surface area (Å²) in [7, 11) is 3.43. The van der Waals surface area contributed by atoms with Crippen molar-refractivity contribution in [3.63, 3.8) is 0 Å². The molecule has 0 fully saturated rings. The summed E-state index contributed by atoms with van der Waals surface area (Å²) in [5, 5.41) is 3.55. The van der Waals surface area contributed by atoms with Crippen LogP contribution in [-0.4, -0.2) is 31.9 Å². The number of aromatic nitrogens is 1. The standard InChI is InChI=1S/C16H28N2O2/c1-7-10-17-14(15(20-6)16(2,3)4)13-12(19-5)9-8-11-18-13/h8-9,11,14-15,17H,7,10H2,1-6H3. The third-order valence-corrected chi connectivity index (χ3v) is 3.34. The van der Waals surface area contributed by atoms with Gasteiger partial charge in [-0.1, -0.05) is 27.7 Å². The Hall–Kier alpha value is -1.13. The Bertz CT molecular complexity index is 402. The van der Waals surface area contributed by atoms with Gasteiger partial charge in [0.25, 0.3) is 0 Å². The molecule has 1 aromatic heterocycles. The van der Waals surface area contributed by atoms with Crippen LogP contribution in [0.15, 0.2) is 18.3 Å². The first-order valence-corrected chi connectivity index (χ1v) is 7.20. The molecule has 114 valence electrons.